The van der Waals surface area contributed by atoms with Crippen molar-refractivity contribution in [2.45, 2.75) is 6.42 Å². The van der Waals surface area contributed by atoms with Gasteiger partial charge in [0, 0.05) is 29.1 Å². The molecule has 0 atom stereocenters. The van der Waals surface area contributed by atoms with Crippen molar-refractivity contribution in [1.82, 2.24) is 0 Å². The van der Waals surface area contributed by atoms with Gasteiger partial charge in [-0.25, -0.2) is 0 Å². The zero-order valence-corrected chi connectivity index (χ0v) is 15.2. The van der Waals surface area contributed by atoms with Crippen molar-refractivity contribution in [3.63, 3.8) is 0 Å². The van der Waals surface area contributed by atoms with Crippen LogP contribution >= 0.6 is 0 Å². The Bertz CT molecular complexity index is 1090. The maximum atomic E-state index is 12.1. The van der Waals surface area contributed by atoms with Crippen molar-refractivity contribution in [2.24, 2.45) is 0 Å². The highest BCUT2D eigenvalue weighted by molar-refractivity contribution is 5.95. The van der Waals surface area contributed by atoms with Crippen LogP contribution in [0.5, 0.6) is 11.5 Å². The topological polar surface area (TPSA) is 141 Å². The highest BCUT2D eigenvalue weighted by Gasteiger charge is 2.16. The van der Waals surface area contributed by atoms with Crippen molar-refractivity contribution in [1.29, 1.82) is 0 Å². The third kappa shape index (κ3) is 4.61. The Morgan fingerprint density at radius 3 is 2.76 bits per heavy atom. The number of carbonyl (C=O) groups excluding carboxylic acids is 2. The maximum absolute atomic E-state index is 12.1. The van der Waals surface area contributed by atoms with Crippen LogP contribution in [0.1, 0.15) is 5.56 Å². The minimum absolute atomic E-state index is 0.0363. The molecule has 0 radical (unpaired) electrons. The third-order valence-electron chi connectivity index (χ3n) is 4.01. The largest absolute Gasteiger partial charge is 0.508 e. The van der Waals surface area contributed by atoms with E-state index in [0.29, 0.717) is 16.5 Å². The zero-order valence-electron chi connectivity index (χ0n) is 15.2. The van der Waals surface area contributed by atoms with E-state index in [2.05, 4.69) is 5.32 Å². The lowest BCUT2D eigenvalue weighted by Crippen LogP contribution is -2.22. The van der Waals surface area contributed by atoms with Gasteiger partial charge in [0.2, 0.25) is 0 Å². The Balaban J connectivity index is 1.59. The molecule has 2 N–H and O–H groups in total. The number of esters is 1. The normalized spacial score (nSPS) is 10.5. The van der Waals surface area contributed by atoms with Gasteiger partial charge in [0.1, 0.15) is 17.1 Å². The maximum Gasteiger partial charge on any atom is 0.310 e. The van der Waals surface area contributed by atoms with Crippen LogP contribution in [0.2, 0.25) is 0 Å². The van der Waals surface area contributed by atoms with Gasteiger partial charge < -0.3 is 24.3 Å². The molecule has 0 aliphatic rings. The van der Waals surface area contributed by atoms with Crippen molar-refractivity contribution >= 4 is 34.2 Å². The Morgan fingerprint density at radius 1 is 1.24 bits per heavy atom. The van der Waals surface area contributed by atoms with Gasteiger partial charge in [0.25, 0.3) is 11.6 Å². The number of nitro groups is 1. The average Bonchev–Trinajstić information content (AvgIpc) is 3.08. The molecular formula is C19H16N2O8. The Hall–Kier alpha value is -4.08. The number of aromatic hydroxyl groups is 1. The first-order valence-corrected chi connectivity index (χ1v) is 8.34. The van der Waals surface area contributed by atoms with Crippen LogP contribution in [0, 0.1) is 10.1 Å². The number of phenolic OH excluding ortho intramolecular Hbond substituents is 1. The van der Waals surface area contributed by atoms with Gasteiger partial charge in [-0.05, 0) is 18.2 Å². The molecule has 2 aromatic carbocycles. The van der Waals surface area contributed by atoms with Crippen LogP contribution in [0.3, 0.4) is 0 Å². The number of nitrogens with zero attached hydrogens (tertiary/aromatic N) is 1. The number of nitrogens with one attached hydrogen (secondary N) is 1. The van der Waals surface area contributed by atoms with E-state index in [4.69, 9.17) is 13.9 Å². The highest BCUT2D eigenvalue weighted by Crippen LogP contribution is 2.29. The molecule has 1 amide bonds. The summed E-state index contributed by atoms with van der Waals surface area (Å²) in [5.74, 6) is -1.08. The van der Waals surface area contributed by atoms with Gasteiger partial charge in [0.05, 0.1) is 30.4 Å². The summed E-state index contributed by atoms with van der Waals surface area (Å²) < 4.78 is 15.3. The molecule has 0 spiro atoms. The molecule has 1 aromatic heterocycles. The summed E-state index contributed by atoms with van der Waals surface area (Å²) in [4.78, 5) is 34.4. The number of rotatable bonds is 7. The molecule has 0 saturated carbocycles. The molecule has 3 rings (SSSR count). The molecule has 0 aliphatic carbocycles. The Labute approximate surface area is 163 Å². The minimum atomic E-state index is -0.681. The van der Waals surface area contributed by atoms with Gasteiger partial charge in [-0.2, -0.15) is 0 Å². The van der Waals surface area contributed by atoms with Crippen LogP contribution in [-0.2, 0) is 20.7 Å². The second-order valence-corrected chi connectivity index (χ2v) is 5.97. The summed E-state index contributed by atoms with van der Waals surface area (Å²) in [5.41, 5.74) is 0.827. The van der Waals surface area contributed by atoms with Crippen LogP contribution in [0.25, 0.3) is 11.0 Å². The Kier molecular flexibility index (Phi) is 5.63. The van der Waals surface area contributed by atoms with E-state index in [1.807, 2.05) is 0 Å². The van der Waals surface area contributed by atoms with E-state index in [0.717, 1.165) is 6.07 Å². The molecule has 0 saturated heterocycles. The second kappa shape index (κ2) is 8.30. The summed E-state index contributed by atoms with van der Waals surface area (Å²) in [7, 11) is 1.35. The predicted octanol–water partition coefficient (Wildman–Crippen LogP) is 2.78. The number of non-ortho nitro benzene ring substituents is 1. The summed E-state index contributed by atoms with van der Waals surface area (Å²) in [6, 6.07) is 8.23. The molecule has 0 bridgehead atoms. The summed E-state index contributed by atoms with van der Waals surface area (Å²) in [5, 5.41) is 23.4. The van der Waals surface area contributed by atoms with Gasteiger partial charge >= 0.3 is 5.97 Å². The fourth-order valence-electron chi connectivity index (χ4n) is 2.65. The third-order valence-corrected chi connectivity index (χ3v) is 4.01. The lowest BCUT2D eigenvalue weighted by molar-refractivity contribution is -0.384. The standard InChI is InChI=1S/C19H16N2O8/c1-27-16-5-2-12(21(25)26)7-15(16)20-18(23)10-29-19(24)6-11-9-28-17-8-13(22)3-4-14(11)17/h2-5,7-9,22H,6,10H2,1H3,(H,20,23). The number of furan rings is 1. The smallest absolute Gasteiger partial charge is 0.310 e. The molecule has 0 fully saturated rings. The number of amides is 1. The SMILES string of the molecule is COc1ccc([N+](=O)[O-])cc1NC(=O)COC(=O)Cc1coc2cc(O)ccc12. The Morgan fingerprint density at radius 2 is 2.03 bits per heavy atom. The second-order valence-electron chi connectivity index (χ2n) is 5.97. The van der Waals surface area contributed by atoms with Gasteiger partial charge in [0.15, 0.2) is 6.61 Å². The predicted molar refractivity (Wildman–Crippen MR) is 101 cm³/mol. The van der Waals surface area contributed by atoms with Crippen molar-refractivity contribution < 1.29 is 33.5 Å². The number of hydrogen-bond acceptors (Lipinski definition) is 8. The van der Waals surface area contributed by atoms with E-state index in [-0.39, 0.29) is 29.3 Å². The lowest BCUT2D eigenvalue weighted by Gasteiger charge is -2.10. The number of benzene rings is 2. The first-order valence-electron chi connectivity index (χ1n) is 8.34. The van der Waals surface area contributed by atoms with E-state index < -0.39 is 23.4 Å². The fourth-order valence-corrected chi connectivity index (χ4v) is 2.65. The zero-order chi connectivity index (χ0) is 21.0. The number of hydrogen-bond donors (Lipinski definition) is 2. The molecule has 10 nitrogen and oxygen atoms in total. The van der Waals surface area contributed by atoms with E-state index in [1.54, 1.807) is 6.07 Å². The number of methoxy groups -OCH3 is 1. The van der Waals surface area contributed by atoms with E-state index in [9.17, 15) is 24.8 Å². The quantitative estimate of drug-likeness (QED) is 0.350. The van der Waals surface area contributed by atoms with E-state index >= 15 is 0 Å². The number of carbonyl (C=O) groups is 2. The highest BCUT2D eigenvalue weighted by atomic mass is 16.6. The molecule has 29 heavy (non-hydrogen) atoms. The number of nitro benzene ring substituents is 1. The molecule has 0 unspecified atom stereocenters. The first kappa shape index (κ1) is 19.7. The van der Waals surface area contributed by atoms with Gasteiger partial charge in [-0.15, -0.1) is 0 Å². The summed E-state index contributed by atoms with van der Waals surface area (Å²) >= 11 is 0. The monoisotopic (exact) mass is 400 g/mol. The number of fused-ring (bicyclic) bond motifs is 1. The minimum Gasteiger partial charge on any atom is -0.508 e. The van der Waals surface area contributed by atoms with Crippen molar-refractivity contribution in [3.8, 4) is 11.5 Å². The number of anilines is 1. The number of ether oxygens (including phenoxy) is 2. The van der Waals surface area contributed by atoms with Crippen molar-refractivity contribution in [2.75, 3.05) is 19.0 Å². The summed E-state index contributed by atoms with van der Waals surface area (Å²) in [6.07, 6.45) is 1.24. The van der Waals surface area contributed by atoms with Gasteiger partial charge in [-0.3, -0.25) is 19.7 Å². The molecular weight excluding hydrogens is 384 g/mol. The number of phenols is 1. The van der Waals surface area contributed by atoms with Crippen LogP contribution in [0.4, 0.5) is 11.4 Å². The molecule has 10 heteroatoms. The van der Waals surface area contributed by atoms with Crippen LogP contribution < -0.4 is 10.1 Å². The molecule has 0 aliphatic heterocycles. The van der Waals surface area contributed by atoms with Crippen LogP contribution in [-0.4, -0.2) is 35.6 Å². The van der Waals surface area contributed by atoms with Crippen LogP contribution in [0.15, 0.2) is 47.1 Å². The first-order chi connectivity index (χ1) is 13.9. The molecule has 1 heterocycles. The molecule has 150 valence electrons. The molecule has 3 aromatic rings. The average molecular weight is 400 g/mol. The van der Waals surface area contributed by atoms with Crippen molar-refractivity contribution in [3.05, 3.63) is 58.3 Å². The fraction of sp³-hybridized carbons (Fsp3) is 0.158. The van der Waals surface area contributed by atoms with Gasteiger partial charge in [-0.1, -0.05) is 0 Å². The lowest BCUT2D eigenvalue weighted by atomic mass is 10.1. The van der Waals surface area contributed by atoms with E-state index in [1.165, 1.54) is 37.6 Å². The summed E-state index contributed by atoms with van der Waals surface area (Å²) in [6.45, 7) is -0.582.